The summed E-state index contributed by atoms with van der Waals surface area (Å²) in [5.41, 5.74) is 5.35. The smallest absolute Gasteiger partial charge is 0.321 e. The number of aliphatic hydroxyl groups excluding tert-OH is 1. The van der Waals surface area contributed by atoms with Crippen LogP contribution in [0.3, 0.4) is 0 Å². The van der Waals surface area contributed by atoms with Gasteiger partial charge in [0.05, 0.1) is 6.10 Å². The van der Waals surface area contributed by atoms with E-state index in [1.54, 1.807) is 0 Å². The standard InChI is InChI=1S/C8H15NO4S/c1-4-6(2-7(10)13-4)14-3-5(9)8(11)12/h4-7,10H,2-3,9H2,1H3,(H,11,12)/t4?,5-,6?,7?/m1/s1. The van der Waals surface area contributed by atoms with Gasteiger partial charge in [-0.1, -0.05) is 0 Å². The van der Waals surface area contributed by atoms with Crippen molar-refractivity contribution < 1.29 is 19.7 Å². The Balaban J connectivity index is 2.28. The van der Waals surface area contributed by atoms with Gasteiger partial charge >= 0.3 is 5.97 Å². The van der Waals surface area contributed by atoms with Crippen LogP contribution in [0.25, 0.3) is 0 Å². The average Bonchev–Trinajstić information content (AvgIpc) is 2.40. The van der Waals surface area contributed by atoms with Crippen molar-refractivity contribution in [3.63, 3.8) is 0 Å². The maximum Gasteiger partial charge on any atom is 0.321 e. The normalized spacial score (nSPS) is 34.4. The van der Waals surface area contributed by atoms with Crippen LogP contribution in [0.5, 0.6) is 0 Å². The van der Waals surface area contributed by atoms with Gasteiger partial charge in [0, 0.05) is 17.4 Å². The number of carboxylic acids is 1. The van der Waals surface area contributed by atoms with Crippen LogP contribution < -0.4 is 5.73 Å². The minimum absolute atomic E-state index is 0.0454. The van der Waals surface area contributed by atoms with E-state index < -0.39 is 18.3 Å². The molecule has 1 aliphatic rings. The van der Waals surface area contributed by atoms with Gasteiger partial charge in [-0.05, 0) is 6.92 Å². The molecule has 4 N–H and O–H groups in total. The molecule has 1 heterocycles. The van der Waals surface area contributed by atoms with Crippen molar-refractivity contribution in [1.82, 2.24) is 0 Å². The van der Waals surface area contributed by atoms with E-state index in [2.05, 4.69) is 0 Å². The zero-order valence-electron chi connectivity index (χ0n) is 7.92. The first kappa shape index (κ1) is 11.8. The number of hydrogen-bond donors (Lipinski definition) is 3. The minimum atomic E-state index is -0.996. The van der Waals surface area contributed by atoms with Crippen molar-refractivity contribution >= 4 is 17.7 Å². The van der Waals surface area contributed by atoms with Crippen molar-refractivity contribution in [2.45, 2.75) is 37.0 Å². The first-order valence-corrected chi connectivity index (χ1v) is 5.49. The Morgan fingerprint density at radius 3 is 2.86 bits per heavy atom. The number of thioether (sulfide) groups is 1. The molecule has 0 saturated carbocycles. The molecule has 1 saturated heterocycles. The predicted octanol–water partition coefficient (Wildman–Crippen LogP) is -0.373. The molecule has 1 rings (SSSR count). The molecule has 0 spiro atoms. The zero-order valence-corrected chi connectivity index (χ0v) is 8.74. The lowest BCUT2D eigenvalue weighted by atomic mass is 10.2. The van der Waals surface area contributed by atoms with Gasteiger partial charge in [0.25, 0.3) is 0 Å². The number of ether oxygens (including phenoxy) is 1. The molecule has 1 fully saturated rings. The SMILES string of the molecule is CC1OC(O)CC1SC[C@@H](N)C(=O)O. The third kappa shape index (κ3) is 3.13. The van der Waals surface area contributed by atoms with Crippen molar-refractivity contribution in [1.29, 1.82) is 0 Å². The van der Waals surface area contributed by atoms with Gasteiger partial charge in [-0.3, -0.25) is 4.79 Å². The van der Waals surface area contributed by atoms with Crippen LogP contribution in [-0.2, 0) is 9.53 Å². The molecule has 0 amide bonds. The summed E-state index contributed by atoms with van der Waals surface area (Å²) in [4.78, 5) is 10.4. The molecule has 5 nitrogen and oxygen atoms in total. The van der Waals surface area contributed by atoms with Crippen molar-refractivity contribution in [3.8, 4) is 0 Å². The van der Waals surface area contributed by atoms with Crippen LogP contribution in [0.2, 0.25) is 0 Å². The molecule has 14 heavy (non-hydrogen) atoms. The molecular weight excluding hydrogens is 206 g/mol. The van der Waals surface area contributed by atoms with E-state index in [0.717, 1.165) is 0 Å². The van der Waals surface area contributed by atoms with Crippen molar-refractivity contribution in [3.05, 3.63) is 0 Å². The molecule has 1 aliphatic heterocycles. The fourth-order valence-electron chi connectivity index (χ4n) is 1.28. The highest BCUT2D eigenvalue weighted by Gasteiger charge is 2.31. The molecule has 4 atom stereocenters. The Hall–Kier alpha value is -0.300. The molecule has 82 valence electrons. The Bertz CT molecular complexity index is 214. The summed E-state index contributed by atoms with van der Waals surface area (Å²) in [7, 11) is 0. The number of rotatable bonds is 4. The van der Waals surface area contributed by atoms with Gasteiger partial charge in [0.1, 0.15) is 6.04 Å². The van der Waals surface area contributed by atoms with Crippen molar-refractivity contribution in [2.75, 3.05) is 5.75 Å². The van der Waals surface area contributed by atoms with Crippen LogP contribution in [0.15, 0.2) is 0 Å². The first-order chi connectivity index (χ1) is 6.50. The molecule has 0 aromatic heterocycles. The average molecular weight is 221 g/mol. The highest BCUT2D eigenvalue weighted by atomic mass is 32.2. The number of hydrogen-bond acceptors (Lipinski definition) is 5. The maximum atomic E-state index is 10.4. The van der Waals surface area contributed by atoms with Gasteiger partial charge in [-0.25, -0.2) is 0 Å². The fraction of sp³-hybridized carbons (Fsp3) is 0.875. The first-order valence-electron chi connectivity index (χ1n) is 4.44. The van der Waals surface area contributed by atoms with Crippen LogP contribution >= 0.6 is 11.8 Å². The number of aliphatic hydroxyl groups is 1. The Morgan fingerprint density at radius 1 is 1.79 bits per heavy atom. The van der Waals surface area contributed by atoms with E-state index in [1.807, 2.05) is 6.92 Å². The molecular formula is C8H15NO4S. The van der Waals surface area contributed by atoms with E-state index in [1.165, 1.54) is 11.8 Å². The molecule has 0 bridgehead atoms. The third-order valence-corrected chi connectivity index (χ3v) is 3.69. The molecule has 3 unspecified atom stereocenters. The number of aliphatic carboxylic acids is 1. The topological polar surface area (TPSA) is 92.8 Å². The lowest BCUT2D eigenvalue weighted by molar-refractivity contribution is -0.137. The highest BCUT2D eigenvalue weighted by Crippen LogP contribution is 2.29. The Morgan fingerprint density at radius 2 is 2.43 bits per heavy atom. The Labute approximate surface area is 86.6 Å². The monoisotopic (exact) mass is 221 g/mol. The summed E-state index contributed by atoms with van der Waals surface area (Å²) in [6.45, 7) is 1.86. The lowest BCUT2D eigenvalue weighted by Crippen LogP contribution is -2.33. The molecule has 0 aromatic carbocycles. The van der Waals surface area contributed by atoms with E-state index in [4.69, 9.17) is 20.7 Å². The van der Waals surface area contributed by atoms with Gasteiger partial charge in [0.15, 0.2) is 6.29 Å². The van der Waals surface area contributed by atoms with Gasteiger partial charge < -0.3 is 20.7 Å². The van der Waals surface area contributed by atoms with Gasteiger partial charge in [-0.2, -0.15) is 11.8 Å². The van der Waals surface area contributed by atoms with Crippen LogP contribution in [0.1, 0.15) is 13.3 Å². The van der Waals surface area contributed by atoms with Gasteiger partial charge in [0.2, 0.25) is 0 Å². The summed E-state index contributed by atoms with van der Waals surface area (Å²) in [5.74, 6) is -0.648. The van der Waals surface area contributed by atoms with Crippen LogP contribution in [0.4, 0.5) is 0 Å². The fourth-order valence-corrected chi connectivity index (χ4v) is 2.52. The molecule has 6 heteroatoms. The Kier molecular flexibility index (Phi) is 4.18. The highest BCUT2D eigenvalue weighted by molar-refractivity contribution is 8.00. The second-order valence-electron chi connectivity index (χ2n) is 3.35. The summed E-state index contributed by atoms with van der Waals surface area (Å²) in [6, 6.07) is -0.843. The van der Waals surface area contributed by atoms with E-state index in [0.29, 0.717) is 12.2 Å². The maximum absolute atomic E-state index is 10.4. The predicted molar refractivity (Wildman–Crippen MR) is 53.0 cm³/mol. The second-order valence-corrected chi connectivity index (χ2v) is 4.62. The summed E-state index contributed by atoms with van der Waals surface area (Å²) < 4.78 is 5.11. The molecule has 0 aliphatic carbocycles. The van der Waals surface area contributed by atoms with E-state index >= 15 is 0 Å². The summed E-state index contributed by atoms with van der Waals surface area (Å²) in [5, 5.41) is 17.9. The number of carboxylic acid groups (broad SMARTS) is 1. The van der Waals surface area contributed by atoms with Crippen LogP contribution in [0, 0.1) is 0 Å². The largest absolute Gasteiger partial charge is 0.480 e. The second kappa shape index (κ2) is 4.97. The number of nitrogens with two attached hydrogens (primary N) is 1. The van der Waals surface area contributed by atoms with Crippen molar-refractivity contribution in [2.24, 2.45) is 5.73 Å². The zero-order chi connectivity index (χ0) is 10.7. The minimum Gasteiger partial charge on any atom is -0.480 e. The summed E-state index contributed by atoms with van der Waals surface area (Å²) >= 11 is 1.44. The number of carbonyl (C=O) groups is 1. The molecule has 0 aromatic rings. The summed E-state index contributed by atoms with van der Waals surface area (Å²) in [6.07, 6.45) is -0.224. The quantitative estimate of drug-likeness (QED) is 0.599. The van der Waals surface area contributed by atoms with E-state index in [-0.39, 0.29) is 11.4 Å². The molecule has 0 radical (unpaired) electrons. The van der Waals surface area contributed by atoms with E-state index in [9.17, 15) is 4.79 Å². The van der Waals surface area contributed by atoms with Gasteiger partial charge in [-0.15, -0.1) is 0 Å². The lowest BCUT2D eigenvalue weighted by Gasteiger charge is -2.14. The van der Waals surface area contributed by atoms with Crippen LogP contribution in [-0.4, -0.2) is 45.6 Å². The third-order valence-electron chi connectivity index (χ3n) is 2.14.